The molecule has 1 fully saturated rings. The number of ether oxygens (including phenoxy) is 2. The molecular weight excluding hydrogens is 234 g/mol. The molecule has 0 spiro atoms. The van der Waals surface area contributed by atoms with Crippen LogP contribution in [0.25, 0.3) is 0 Å². The molecule has 1 unspecified atom stereocenters. The third kappa shape index (κ3) is 6.33. The Morgan fingerprint density at radius 3 is 2.94 bits per heavy atom. The lowest BCUT2D eigenvalue weighted by Gasteiger charge is -2.34. The Kier molecular flexibility index (Phi) is 7.23. The topological polar surface area (TPSA) is 59.0 Å². The van der Waals surface area contributed by atoms with Crippen molar-refractivity contribution in [1.82, 2.24) is 4.90 Å². The van der Waals surface area contributed by atoms with Gasteiger partial charge in [-0.2, -0.15) is 0 Å². The molecule has 0 saturated carbocycles. The molecule has 1 aliphatic rings. The third-order valence-corrected chi connectivity index (χ3v) is 3.12. The second-order valence-electron chi connectivity index (χ2n) is 5.16. The molecule has 0 aliphatic carbocycles. The largest absolute Gasteiger partial charge is 0.481 e. The van der Waals surface area contributed by atoms with Crippen molar-refractivity contribution in [2.75, 3.05) is 39.5 Å². The SMILES string of the molecule is CC(C)CCOCCN1CCOCC1CC(=O)O. The minimum atomic E-state index is -0.767. The quantitative estimate of drug-likeness (QED) is 0.664. The van der Waals surface area contributed by atoms with Crippen molar-refractivity contribution in [2.24, 2.45) is 5.92 Å². The molecule has 0 bridgehead atoms. The first-order valence-corrected chi connectivity index (χ1v) is 6.71. The van der Waals surface area contributed by atoms with Gasteiger partial charge >= 0.3 is 5.97 Å². The summed E-state index contributed by atoms with van der Waals surface area (Å²) >= 11 is 0. The van der Waals surface area contributed by atoms with Crippen LogP contribution in [0.1, 0.15) is 26.7 Å². The summed E-state index contributed by atoms with van der Waals surface area (Å²) in [5.74, 6) is -0.107. The van der Waals surface area contributed by atoms with E-state index in [0.29, 0.717) is 25.7 Å². The summed E-state index contributed by atoms with van der Waals surface area (Å²) in [5, 5.41) is 8.84. The van der Waals surface area contributed by atoms with E-state index in [-0.39, 0.29) is 12.5 Å². The number of nitrogens with zero attached hydrogens (tertiary/aromatic N) is 1. The molecule has 5 nitrogen and oxygen atoms in total. The predicted molar refractivity (Wildman–Crippen MR) is 68.7 cm³/mol. The number of carboxylic acids is 1. The molecule has 106 valence electrons. The van der Waals surface area contributed by atoms with Crippen LogP contribution < -0.4 is 0 Å². The molecule has 1 aliphatic heterocycles. The molecular formula is C13H25NO4. The van der Waals surface area contributed by atoms with Crippen LogP contribution in [0.2, 0.25) is 0 Å². The molecule has 1 atom stereocenters. The summed E-state index contributed by atoms with van der Waals surface area (Å²) in [6, 6.07) is -0.00931. The number of hydrogen-bond acceptors (Lipinski definition) is 4. The fraction of sp³-hybridized carbons (Fsp3) is 0.923. The Morgan fingerprint density at radius 1 is 1.50 bits per heavy atom. The maximum atomic E-state index is 10.8. The summed E-state index contributed by atoms with van der Waals surface area (Å²) in [7, 11) is 0. The Bertz CT molecular complexity index is 245. The van der Waals surface area contributed by atoms with Crippen molar-refractivity contribution in [3.8, 4) is 0 Å². The molecule has 0 aromatic carbocycles. The van der Waals surface area contributed by atoms with Crippen LogP contribution in [0, 0.1) is 5.92 Å². The van der Waals surface area contributed by atoms with Gasteiger partial charge in [0.1, 0.15) is 0 Å². The summed E-state index contributed by atoms with van der Waals surface area (Å²) in [6.45, 7) is 8.59. The van der Waals surface area contributed by atoms with Crippen LogP contribution in [0.5, 0.6) is 0 Å². The summed E-state index contributed by atoms with van der Waals surface area (Å²) in [4.78, 5) is 12.9. The zero-order valence-electron chi connectivity index (χ0n) is 11.4. The van der Waals surface area contributed by atoms with Gasteiger partial charge in [0.15, 0.2) is 0 Å². The Balaban J connectivity index is 2.18. The zero-order chi connectivity index (χ0) is 13.4. The van der Waals surface area contributed by atoms with Crippen molar-refractivity contribution in [2.45, 2.75) is 32.7 Å². The fourth-order valence-electron chi connectivity index (χ4n) is 1.98. The standard InChI is InChI=1S/C13H25NO4/c1-11(2)3-6-17-7-4-14-5-8-18-10-12(14)9-13(15)16/h11-12H,3-10H2,1-2H3,(H,15,16). The summed E-state index contributed by atoms with van der Waals surface area (Å²) < 4.78 is 10.9. The van der Waals surface area contributed by atoms with E-state index in [4.69, 9.17) is 14.6 Å². The molecule has 18 heavy (non-hydrogen) atoms. The lowest BCUT2D eigenvalue weighted by Crippen LogP contribution is -2.47. The molecule has 1 heterocycles. The second kappa shape index (κ2) is 8.45. The van der Waals surface area contributed by atoms with Crippen molar-refractivity contribution in [1.29, 1.82) is 0 Å². The van der Waals surface area contributed by atoms with Gasteiger partial charge in [-0.15, -0.1) is 0 Å². The van der Waals surface area contributed by atoms with Gasteiger partial charge in [-0.05, 0) is 12.3 Å². The lowest BCUT2D eigenvalue weighted by molar-refractivity contribution is -0.140. The van der Waals surface area contributed by atoms with Crippen molar-refractivity contribution < 1.29 is 19.4 Å². The van der Waals surface area contributed by atoms with Gasteiger partial charge in [0, 0.05) is 25.7 Å². The Labute approximate surface area is 109 Å². The van der Waals surface area contributed by atoms with Crippen LogP contribution >= 0.6 is 0 Å². The highest BCUT2D eigenvalue weighted by Gasteiger charge is 2.24. The van der Waals surface area contributed by atoms with Crippen LogP contribution in [0.4, 0.5) is 0 Å². The van der Waals surface area contributed by atoms with Gasteiger partial charge in [-0.1, -0.05) is 13.8 Å². The highest BCUT2D eigenvalue weighted by molar-refractivity contribution is 5.67. The summed E-state index contributed by atoms with van der Waals surface area (Å²) in [6.07, 6.45) is 1.22. The first-order chi connectivity index (χ1) is 8.59. The van der Waals surface area contributed by atoms with E-state index in [0.717, 1.165) is 26.1 Å². The highest BCUT2D eigenvalue weighted by Crippen LogP contribution is 2.10. The highest BCUT2D eigenvalue weighted by atomic mass is 16.5. The molecule has 0 aromatic rings. The minimum Gasteiger partial charge on any atom is -0.481 e. The molecule has 0 aromatic heterocycles. The Morgan fingerprint density at radius 2 is 2.28 bits per heavy atom. The van der Waals surface area contributed by atoms with Crippen LogP contribution in [0.3, 0.4) is 0 Å². The average molecular weight is 259 g/mol. The van der Waals surface area contributed by atoms with Gasteiger partial charge in [-0.3, -0.25) is 9.69 Å². The van der Waals surface area contributed by atoms with E-state index in [1.807, 2.05) is 0 Å². The number of aliphatic carboxylic acids is 1. The monoisotopic (exact) mass is 259 g/mol. The molecule has 1 rings (SSSR count). The molecule has 1 saturated heterocycles. The van der Waals surface area contributed by atoms with Crippen LogP contribution in [0.15, 0.2) is 0 Å². The molecule has 1 N–H and O–H groups in total. The predicted octanol–water partition coefficient (Wildman–Crippen LogP) is 1.22. The van der Waals surface area contributed by atoms with E-state index < -0.39 is 5.97 Å². The van der Waals surface area contributed by atoms with Crippen molar-refractivity contribution >= 4 is 5.97 Å². The normalized spacial score (nSPS) is 21.4. The zero-order valence-corrected chi connectivity index (χ0v) is 11.4. The van der Waals surface area contributed by atoms with Gasteiger partial charge in [0.05, 0.1) is 26.2 Å². The first kappa shape index (κ1) is 15.4. The number of hydrogen-bond donors (Lipinski definition) is 1. The van der Waals surface area contributed by atoms with Crippen molar-refractivity contribution in [3.05, 3.63) is 0 Å². The molecule has 0 radical (unpaired) electrons. The number of carbonyl (C=O) groups is 1. The average Bonchev–Trinajstić information content (AvgIpc) is 2.29. The minimum absolute atomic E-state index is 0.00931. The maximum Gasteiger partial charge on any atom is 0.305 e. The Hall–Kier alpha value is -0.650. The van der Waals surface area contributed by atoms with E-state index >= 15 is 0 Å². The number of carboxylic acid groups (broad SMARTS) is 1. The van der Waals surface area contributed by atoms with Crippen molar-refractivity contribution in [3.63, 3.8) is 0 Å². The fourth-order valence-corrected chi connectivity index (χ4v) is 1.98. The first-order valence-electron chi connectivity index (χ1n) is 6.71. The smallest absolute Gasteiger partial charge is 0.305 e. The van der Waals surface area contributed by atoms with Crippen LogP contribution in [-0.2, 0) is 14.3 Å². The maximum absolute atomic E-state index is 10.8. The summed E-state index contributed by atoms with van der Waals surface area (Å²) in [5.41, 5.74) is 0. The van der Waals surface area contributed by atoms with Gasteiger partial charge in [0.2, 0.25) is 0 Å². The number of rotatable bonds is 8. The lowest BCUT2D eigenvalue weighted by atomic mass is 10.1. The van der Waals surface area contributed by atoms with E-state index in [2.05, 4.69) is 18.7 Å². The molecule has 5 heteroatoms. The second-order valence-corrected chi connectivity index (χ2v) is 5.16. The van der Waals surface area contributed by atoms with Crippen LogP contribution in [-0.4, -0.2) is 61.5 Å². The third-order valence-electron chi connectivity index (χ3n) is 3.12. The van der Waals surface area contributed by atoms with E-state index in [9.17, 15) is 4.79 Å². The van der Waals surface area contributed by atoms with Gasteiger partial charge < -0.3 is 14.6 Å². The van der Waals surface area contributed by atoms with E-state index in [1.165, 1.54) is 0 Å². The van der Waals surface area contributed by atoms with Gasteiger partial charge in [-0.25, -0.2) is 0 Å². The van der Waals surface area contributed by atoms with E-state index in [1.54, 1.807) is 0 Å². The molecule has 0 amide bonds. The number of morpholine rings is 1. The van der Waals surface area contributed by atoms with Gasteiger partial charge in [0.25, 0.3) is 0 Å².